The Kier molecular flexibility index (Phi) is 6.07. The van der Waals surface area contributed by atoms with Crippen molar-refractivity contribution >= 4 is 29.3 Å². The van der Waals surface area contributed by atoms with Crippen LogP contribution in [0, 0.1) is 6.92 Å². The number of nitrogens with one attached hydrogen (secondary N) is 2. The Morgan fingerprint density at radius 1 is 0.966 bits per heavy atom. The lowest BCUT2D eigenvalue weighted by atomic mass is 10.1. The van der Waals surface area contributed by atoms with Crippen LogP contribution in [-0.2, 0) is 4.79 Å². The maximum Gasteiger partial charge on any atom is 0.261 e. The Hall–Kier alpha value is -3.48. The summed E-state index contributed by atoms with van der Waals surface area (Å²) in [5.41, 5.74) is 2.71. The molecule has 1 aliphatic heterocycles. The third kappa shape index (κ3) is 4.51. The van der Waals surface area contributed by atoms with Gasteiger partial charge in [0.15, 0.2) is 0 Å². The Morgan fingerprint density at radius 2 is 1.66 bits per heavy atom. The summed E-state index contributed by atoms with van der Waals surface area (Å²) in [7, 11) is 0. The van der Waals surface area contributed by atoms with Crippen molar-refractivity contribution in [3.8, 4) is 0 Å². The van der Waals surface area contributed by atoms with Crippen LogP contribution in [-0.4, -0.2) is 41.6 Å². The van der Waals surface area contributed by atoms with E-state index < -0.39 is 0 Å². The summed E-state index contributed by atoms with van der Waals surface area (Å²) in [4.78, 5) is 50.1. The van der Waals surface area contributed by atoms with Gasteiger partial charge in [0.05, 0.1) is 11.1 Å². The lowest BCUT2D eigenvalue weighted by Crippen LogP contribution is -2.32. The molecule has 0 saturated carbocycles. The van der Waals surface area contributed by atoms with E-state index in [2.05, 4.69) is 10.6 Å². The van der Waals surface area contributed by atoms with Crippen molar-refractivity contribution in [2.24, 2.45) is 0 Å². The quantitative estimate of drug-likeness (QED) is 0.707. The Labute approximate surface area is 169 Å². The van der Waals surface area contributed by atoms with Gasteiger partial charge in [0.2, 0.25) is 5.91 Å². The molecule has 1 aliphatic rings. The van der Waals surface area contributed by atoms with Crippen molar-refractivity contribution in [1.82, 2.24) is 10.2 Å². The molecule has 3 rings (SSSR count). The van der Waals surface area contributed by atoms with Gasteiger partial charge in [-0.15, -0.1) is 0 Å². The molecule has 4 amide bonds. The predicted molar refractivity (Wildman–Crippen MR) is 109 cm³/mol. The summed E-state index contributed by atoms with van der Waals surface area (Å²) in [5, 5.41) is 5.50. The molecule has 0 radical (unpaired) electrons. The number of carbonyl (C=O) groups excluding carboxylic acids is 4. The summed E-state index contributed by atoms with van der Waals surface area (Å²) in [6, 6.07) is 11.7. The number of hydrogen-bond donors (Lipinski definition) is 2. The molecular weight excluding hydrogens is 370 g/mol. The fourth-order valence-electron chi connectivity index (χ4n) is 3.09. The lowest BCUT2D eigenvalue weighted by Gasteiger charge is -2.13. The van der Waals surface area contributed by atoms with E-state index in [1.54, 1.807) is 42.5 Å². The first-order valence-corrected chi connectivity index (χ1v) is 9.55. The highest BCUT2D eigenvalue weighted by atomic mass is 16.2. The van der Waals surface area contributed by atoms with Crippen molar-refractivity contribution in [2.75, 3.05) is 18.4 Å². The van der Waals surface area contributed by atoms with Crippen LogP contribution in [0.3, 0.4) is 0 Å². The molecule has 0 aromatic heterocycles. The molecule has 7 nitrogen and oxygen atoms in total. The van der Waals surface area contributed by atoms with Gasteiger partial charge in [-0.05, 0) is 49.7 Å². The van der Waals surface area contributed by atoms with Gasteiger partial charge in [-0.25, -0.2) is 0 Å². The molecule has 2 aromatic carbocycles. The van der Waals surface area contributed by atoms with E-state index in [-0.39, 0.29) is 36.6 Å². The zero-order valence-corrected chi connectivity index (χ0v) is 16.5. The lowest BCUT2D eigenvalue weighted by molar-refractivity contribution is -0.116. The average molecular weight is 393 g/mol. The summed E-state index contributed by atoms with van der Waals surface area (Å²) < 4.78 is 0. The molecule has 7 heteroatoms. The Morgan fingerprint density at radius 3 is 2.34 bits per heavy atom. The smallest absolute Gasteiger partial charge is 0.261 e. The molecule has 0 fully saturated rings. The molecule has 2 N–H and O–H groups in total. The van der Waals surface area contributed by atoms with Crippen molar-refractivity contribution in [2.45, 2.75) is 26.7 Å². The minimum atomic E-state index is -0.375. The zero-order chi connectivity index (χ0) is 21.0. The third-order valence-corrected chi connectivity index (χ3v) is 4.66. The van der Waals surface area contributed by atoms with Gasteiger partial charge in [0.25, 0.3) is 17.7 Å². The van der Waals surface area contributed by atoms with Crippen molar-refractivity contribution < 1.29 is 19.2 Å². The first-order valence-electron chi connectivity index (χ1n) is 9.55. The second kappa shape index (κ2) is 8.68. The zero-order valence-electron chi connectivity index (χ0n) is 16.5. The minimum absolute atomic E-state index is 0.00867. The Bertz CT molecular complexity index is 967. The number of nitrogens with zero attached hydrogens (tertiary/aromatic N) is 1. The van der Waals surface area contributed by atoms with Gasteiger partial charge in [-0.2, -0.15) is 0 Å². The van der Waals surface area contributed by atoms with Crippen LogP contribution in [0.4, 0.5) is 5.69 Å². The van der Waals surface area contributed by atoms with Crippen molar-refractivity contribution in [1.29, 1.82) is 0 Å². The van der Waals surface area contributed by atoms with Crippen LogP contribution >= 0.6 is 0 Å². The predicted octanol–water partition coefficient (Wildman–Crippen LogP) is 2.76. The summed E-state index contributed by atoms with van der Waals surface area (Å²) in [6.45, 7) is 4.44. The van der Waals surface area contributed by atoms with Gasteiger partial charge < -0.3 is 10.6 Å². The first-order chi connectivity index (χ1) is 13.9. The first kappa shape index (κ1) is 20.3. The van der Waals surface area contributed by atoms with Gasteiger partial charge in [-0.1, -0.05) is 18.6 Å². The number of amides is 4. The standard InChI is InChI=1S/C22H23N3O4/c1-3-11-23-20(27)15-5-7-16(8-6-15)24-19(26)10-12-25-21(28)17-9-4-14(2)13-18(17)22(25)29/h4-9,13H,3,10-12H2,1-2H3,(H,23,27)(H,24,26). The molecule has 0 spiro atoms. The van der Waals surface area contributed by atoms with E-state index in [1.807, 2.05) is 13.8 Å². The van der Waals surface area contributed by atoms with Crippen LogP contribution in [0.2, 0.25) is 0 Å². The van der Waals surface area contributed by atoms with Crippen molar-refractivity contribution in [3.05, 3.63) is 64.7 Å². The molecule has 150 valence electrons. The second-order valence-corrected chi connectivity index (χ2v) is 6.94. The fourth-order valence-corrected chi connectivity index (χ4v) is 3.09. The van der Waals surface area contributed by atoms with Gasteiger partial charge in [0.1, 0.15) is 0 Å². The van der Waals surface area contributed by atoms with Crippen LogP contribution in [0.1, 0.15) is 56.4 Å². The number of benzene rings is 2. The highest BCUT2D eigenvalue weighted by Crippen LogP contribution is 2.24. The molecule has 0 bridgehead atoms. The summed E-state index contributed by atoms with van der Waals surface area (Å²) >= 11 is 0. The maximum atomic E-state index is 12.4. The monoisotopic (exact) mass is 393 g/mol. The number of imide groups is 1. The highest BCUT2D eigenvalue weighted by molar-refractivity contribution is 6.21. The largest absolute Gasteiger partial charge is 0.352 e. The van der Waals surface area contributed by atoms with E-state index in [1.165, 1.54) is 0 Å². The van der Waals surface area contributed by atoms with E-state index in [9.17, 15) is 19.2 Å². The average Bonchev–Trinajstić information content (AvgIpc) is 2.94. The van der Waals surface area contributed by atoms with E-state index >= 15 is 0 Å². The Balaban J connectivity index is 1.55. The van der Waals surface area contributed by atoms with Crippen LogP contribution in [0.25, 0.3) is 0 Å². The molecule has 0 unspecified atom stereocenters. The SMILES string of the molecule is CCCNC(=O)c1ccc(NC(=O)CCN2C(=O)c3ccc(C)cc3C2=O)cc1. The van der Waals surface area contributed by atoms with E-state index in [0.29, 0.717) is 28.9 Å². The topological polar surface area (TPSA) is 95.6 Å². The normalized spacial score (nSPS) is 12.7. The molecular formula is C22H23N3O4. The van der Waals surface area contributed by atoms with Crippen LogP contribution in [0.15, 0.2) is 42.5 Å². The number of hydrogen-bond acceptors (Lipinski definition) is 4. The molecule has 0 atom stereocenters. The molecule has 0 saturated heterocycles. The molecule has 1 heterocycles. The second-order valence-electron chi connectivity index (χ2n) is 6.94. The number of anilines is 1. The molecule has 0 aliphatic carbocycles. The van der Waals surface area contributed by atoms with Gasteiger partial charge >= 0.3 is 0 Å². The molecule has 2 aromatic rings. The highest BCUT2D eigenvalue weighted by Gasteiger charge is 2.35. The third-order valence-electron chi connectivity index (χ3n) is 4.66. The maximum absolute atomic E-state index is 12.4. The fraction of sp³-hybridized carbons (Fsp3) is 0.273. The van der Waals surface area contributed by atoms with Crippen LogP contribution in [0.5, 0.6) is 0 Å². The summed E-state index contributed by atoms with van der Waals surface area (Å²) in [5.74, 6) is -1.23. The number of rotatable bonds is 7. The minimum Gasteiger partial charge on any atom is -0.352 e. The van der Waals surface area contributed by atoms with Gasteiger partial charge in [0, 0.05) is 30.8 Å². The summed E-state index contributed by atoms with van der Waals surface area (Å²) in [6.07, 6.45) is 0.843. The van der Waals surface area contributed by atoms with Crippen LogP contribution < -0.4 is 10.6 Å². The van der Waals surface area contributed by atoms with Gasteiger partial charge in [-0.3, -0.25) is 24.1 Å². The molecule has 29 heavy (non-hydrogen) atoms. The number of fused-ring (bicyclic) bond motifs is 1. The van der Waals surface area contributed by atoms with Crippen molar-refractivity contribution in [3.63, 3.8) is 0 Å². The van der Waals surface area contributed by atoms with E-state index in [0.717, 1.165) is 16.9 Å². The number of carbonyl (C=O) groups is 4. The van der Waals surface area contributed by atoms with E-state index in [4.69, 9.17) is 0 Å². The number of aryl methyl sites for hydroxylation is 1.